The second kappa shape index (κ2) is 6.93. The van der Waals surface area contributed by atoms with Crippen LogP contribution in [-0.4, -0.2) is 55.7 Å². The fourth-order valence-corrected chi connectivity index (χ4v) is 2.02. The minimum Gasteiger partial charge on any atom is -0.380 e. The van der Waals surface area contributed by atoms with Crippen LogP contribution in [0.25, 0.3) is 0 Å². The molecule has 0 spiro atoms. The number of nitrogens with one attached hydrogen (secondary N) is 1. The summed E-state index contributed by atoms with van der Waals surface area (Å²) in [6.45, 7) is 8.82. The van der Waals surface area contributed by atoms with Crippen molar-refractivity contribution in [3.8, 4) is 0 Å². The smallest absolute Gasteiger partial charge is 0.238 e. The molecule has 0 aromatic carbocycles. The number of rotatable bonds is 6. The van der Waals surface area contributed by atoms with Gasteiger partial charge in [-0.2, -0.15) is 0 Å². The molecule has 1 rings (SSSR count). The van der Waals surface area contributed by atoms with Crippen LogP contribution in [0.5, 0.6) is 0 Å². The van der Waals surface area contributed by atoms with Crippen LogP contribution in [-0.2, 0) is 9.53 Å². The van der Waals surface area contributed by atoms with E-state index in [0.29, 0.717) is 6.54 Å². The van der Waals surface area contributed by atoms with Crippen molar-refractivity contribution in [1.29, 1.82) is 0 Å². The van der Waals surface area contributed by atoms with Gasteiger partial charge in [-0.1, -0.05) is 6.92 Å². The molecule has 1 aliphatic heterocycles. The van der Waals surface area contributed by atoms with E-state index in [1.165, 1.54) is 0 Å². The van der Waals surface area contributed by atoms with Crippen molar-refractivity contribution in [2.45, 2.75) is 32.2 Å². The molecular formula is C12H25N3O2. The molecule has 0 saturated carbocycles. The summed E-state index contributed by atoms with van der Waals surface area (Å²) in [5.41, 5.74) is 4.87. The van der Waals surface area contributed by atoms with Crippen molar-refractivity contribution in [1.82, 2.24) is 10.2 Å². The Balaban J connectivity index is 2.54. The summed E-state index contributed by atoms with van der Waals surface area (Å²) in [7, 11) is 0. The van der Waals surface area contributed by atoms with Gasteiger partial charge in [-0.15, -0.1) is 0 Å². The Morgan fingerprint density at radius 2 is 2.24 bits per heavy atom. The first-order valence-electron chi connectivity index (χ1n) is 6.43. The van der Waals surface area contributed by atoms with Crippen molar-refractivity contribution in [3.63, 3.8) is 0 Å². The number of ether oxygens (including phenoxy) is 1. The summed E-state index contributed by atoms with van der Waals surface area (Å²) in [5.74, 6) is -0.281. The van der Waals surface area contributed by atoms with Crippen molar-refractivity contribution in [2.75, 3.05) is 39.4 Å². The molecule has 1 aliphatic rings. The Morgan fingerprint density at radius 1 is 1.47 bits per heavy atom. The molecule has 0 aromatic heterocycles. The lowest BCUT2D eigenvalue weighted by molar-refractivity contribution is -0.124. The largest absolute Gasteiger partial charge is 0.380 e. The molecule has 0 aromatic rings. The molecule has 100 valence electrons. The van der Waals surface area contributed by atoms with E-state index in [2.05, 4.69) is 17.1 Å². The Kier molecular flexibility index (Phi) is 5.88. The first kappa shape index (κ1) is 14.4. The lowest BCUT2D eigenvalue weighted by Crippen LogP contribution is -2.60. The monoisotopic (exact) mass is 243 g/mol. The predicted octanol–water partition coefficient (Wildman–Crippen LogP) is -0.0477. The van der Waals surface area contributed by atoms with Crippen molar-refractivity contribution in [3.05, 3.63) is 0 Å². The maximum absolute atomic E-state index is 11.6. The molecule has 1 saturated heterocycles. The second-order valence-electron chi connectivity index (χ2n) is 4.87. The zero-order valence-corrected chi connectivity index (χ0v) is 11.0. The van der Waals surface area contributed by atoms with E-state index >= 15 is 0 Å². The molecular weight excluding hydrogens is 218 g/mol. The number of nitrogens with two attached hydrogens (primary N) is 1. The van der Waals surface area contributed by atoms with E-state index in [1.807, 2.05) is 6.92 Å². The number of nitrogens with zero attached hydrogens (tertiary/aromatic N) is 1. The zero-order chi connectivity index (χ0) is 12.7. The standard InChI is InChI=1S/C12H25N3O2/c1-3-5-14-12(2,11(13)16)10-15-6-4-8-17-9-7-15/h14H,3-10H2,1-2H3,(H2,13,16). The van der Waals surface area contributed by atoms with E-state index in [4.69, 9.17) is 10.5 Å². The summed E-state index contributed by atoms with van der Waals surface area (Å²) >= 11 is 0. The van der Waals surface area contributed by atoms with Crippen molar-refractivity contribution in [2.24, 2.45) is 5.73 Å². The predicted molar refractivity (Wildman–Crippen MR) is 67.8 cm³/mol. The highest BCUT2D eigenvalue weighted by molar-refractivity contribution is 5.84. The highest BCUT2D eigenvalue weighted by Gasteiger charge is 2.32. The van der Waals surface area contributed by atoms with Crippen LogP contribution in [0.15, 0.2) is 0 Å². The molecule has 0 radical (unpaired) electrons. The minimum absolute atomic E-state index is 0.281. The van der Waals surface area contributed by atoms with E-state index in [9.17, 15) is 4.79 Å². The third-order valence-corrected chi connectivity index (χ3v) is 3.16. The number of carbonyl (C=O) groups is 1. The lowest BCUT2D eigenvalue weighted by atomic mass is 10.0. The first-order chi connectivity index (χ1) is 8.08. The van der Waals surface area contributed by atoms with Crippen LogP contribution in [0, 0.1) is 0 Å². The molecule has 1 amide bonds. The van der Waals surface area contributed by atoms with E-state index in [1.54, 1.807) is 0 Å². The quantitative estimate of drug-likeness (QED) is 0.686. The summed E-state index contributed by atoms with van der Waals surface area (Å²) in [6, 6.07) is 0. The van der Waals surface area contributed by atoms with Gasteiger partial charge in [0.05, 0.1) is 6.61 Å². The highest BCUT2D eigenvalue weighted by atomic mass is 16.5. The van der Waals surface area contributed by atoms with Crippen molar-refractivity contribution < 1.29 is 9.53 Å². The average Bonchev–Trinajstić information content (AvgIpc) is 2.54. The minimum atomic E-state index is -0.639. The zero-order valence-electron chi connectivity index (χ0n) is 11.0. The fourth-order valence-electron chi connectivity index (χ4n) is 2.02. The first-order valence-corrected chi connectivity index (χ1v) is 6.43. The van der Waals surface area contributed by atoms with Gasteiger partial charge in [0.15, 0.2) is 0 Å². The van der Waals surface area contributed by atoms with Gasteiger partial charge in [0, 0.05) is 26.2 Å². The Labute approximate surface area is 104 Å². The van der Waals surface area contributed by atoms with Crippen LogP contribution >= 0.6 is 0 Å². The van der Waals surface area contributed by atoms with Crippen LogP contribution in [0.3, 0.4) is 0 Å². The summed E-state index contributed by atoms with van der Waals surface area (Å²) < 4.78 is 5.40. The topological polar surface area (TPSA) is 67.6 Å². The number of carbonyl (C=O) groups excluding carboxylic acids is 1. The molecule has 3 N–H and O–H groups in total. The van der Waals surface area contributed by atoms with Crippen LogP contribution in [0.1, 0.15) is 26.7 Å². The van der Waals surface area contributed by atoms with Gasteiger partial charge in [0.1, 0.15) is 5.54 Å². The Bertz CT molecular complexity index is 240. The summed E-state index contributed by atoms with van der Waals surface area (Å²) in [5, 5.41) is 3.26. The molecule has 1 fully saturated rings. The number of hydrogen-bond donors (Lipinski definition) is 2. The molecule has 1 atom stereocenters. The lowest BCUT2D eigenvalue weighted by Gasteiger charge is -2.33. The Hall–Kier alpha value is -0.650. The van der Waals surface area contributed by atoms with Crippen LogP contribution in [0.4, 0.5) is 0 Å². The Morgan fingerprint density at radius 3 is 2.88 bits per heavy atom. The third kappa shape index (κ3) is 4.61. The molecule has 0 aliphatic carbocycles. The maximum atomic E-state index is 11.6. The van der Waals surface area contributed by atoms with E-state index in [0.717, 1.165) is 45.7 Å². The van der Waals surface area contributed by atoms with Gasteiger partial charge in [-0.3, -0.25) is 9.69 Å². The van der Waals surface area contributed by atoms with E-state index in [-0.39, 0.29) is 5.91 Å². The van der Waals surface area contributed by atoms with Gasteiger partial charge in [-0.25, -0.2) is 0 Å². The molecule has 1 heterocycles. The highest BCUT2D eigenvalue weighted by Crippen LogP contribution is 2.09. The van der Waals surface area contributed by atoms with Crippen LogP contribution < -0.4 is 11.1 Å². The molecule has 5 heteroatoms. The van der Waals surface area contributed by atoms with Gasteiger partial charge >= 0.3 is 0 Å². The van der Waals surface area contributed by atoms with Gasteiger partial charge in [0.2, 0.25) is 5.91 Å². The maximum Gasteiger partial charge on any atom is 0.238 e. The van der Waals surface area contributed by atoms with E-state index < -0.39 is 5.54 Å². The van der Waals surface area contributed by atoms with Crippen molar-refractivity contribution >= 4 is 5.91 Å². The van der Waals surface area contributed by atoms with Gasteiger partial charge < -0.3 is 15.8 Å². The number of hydrogen-bond acceptors (Lipinski definition) is 4. The summed E-state index contributed by atoms with van der Waals surface area (Å²) in [6.07, 6.45) is 2.01. The SMILES string of the molecule is CCCNC(C)(CN1CCCOCC1)C(N)=O. The summed E-state index contributed by atoms with van der Waals surface area (Å²) in [4.78, 5) is 13.8. The molecule has 0 bridgehead atoms. The second-order valence-corrected chi connectivity index (χ2v) is 4.87. The average molecular weight is 243 g/mol. The number of amides is 1. The molecule has 5 nitrogen and oxygen atoms in total. The fraction of sp³-hybridized carbons (Fsp3) is 0.917. The van der Waals surface area contributed by atoms with Crippen LogP contribution in [0.2, 0.25) is 0 Å². The molecule has 17 heavy (non-hydrogen) atoms. The normalized spacial score (nSPS) is 21.8. The van der Waals surface area contributed by atoms with Gasteiger partial charge in [0.25, 0.3) is 0 Å². The van der Waals surface area contributed by atoms with Gasteiger partial charge in [-0.05, 0) is 26.3 Å². The third-order valence-electron chi connectivity index (χ3n) is 3.16. The molecule has 1 unspecified atom stereocenters. The number of primary amides is 1.